The number of hydrogen-bond acceptors (Lipinski definition) is 4. The van der Waals surface area contributed by atoms with Gasteiger partial charge in [-0.25, -0.2) is 0 Å². The van der Waals surface area contributed by atoms with Gasteiger partial charge in [-0.3, -0.25) is 14.5 Å². The maximum absolute atomic E-state index is 12.7. The number of nitrogens with two attached hydrogens (primary N) is 1. The summed E-state index contributed by atoms with van der Waals surface area (Å²) < 4.78 is 0. The van der Waals surface area contributed by atoms with Gasteiger partial charge < -0.3 is 16.0 Å². The van der Waals surface area contributed by atoms with Gasteiger partial charge in [-0.1, -0.05) is 30.3 Å². The van der Waals surface area contributed by atoms with Crippen LogP contribution in [0.3, 0.4) is 0 Å². The maximum Gasteiger partial charge on any atom is 0.237 e. The summed E-state index contributed by atoms with van der Waals surface area (Å²) in [4.78, 5) is 27.8. The lowest BCUT2D eigenvalue weighted by molar-refractivity contribution is -0.133. The van der Waals surface area contributed by atoms with Gasteiger partial charge in [-0.15, -0.1) is 0 Å². The fourth-order valence-electron chi connectivity index (χ4n) is 3.07. The fourth-order valence-corrected chi connectivity index (χ4v) is 3.07. The Bertz CT molecular complexity index is 535. The number of piperidine rings is 1. The number of likely N-dealkylation sites (tertiary alicyclic amines) is 1. The van der Waals surface area contributed by atoms with E-state index in [1.54, 1.807) is 4.90 Å². The molecule has 0 radical (unpaired) electrons. The molecular formula is C18H28N4O2. The van der Waals surface area contributed by atoms with E-state index in [1.807, 2.05) is 37.4 Å². The van der Waals surface area contributed by atoms with Gasteiger partial charge in [0.25, 0.3) is 0 Å². The number of primary amides is 1. The molecule has 1 unspecified atom stereocenters. The number of carbonyl (C=O) groups excluding carboxylic acids is 2. The lowest BCUT2D eigenvalue weighted by atomic mass is 10.1. The number of likely N-dealkylation sites (N-methyl/N-ethyl adjacent to an activating group) is 1. The Labute approximate surface area is 144 Å². The molecular weight excluding hydrogens is 304 g/mol. The highest BCUT2D eigenvalue weighted by atomic mass is 16.2. The lowest BCUT2D eigenvalue weighted by Crippen LogP contribution is -2.48. The van der Waals surface area contributed by atoms with E-state index in [2.05, 4.69) is 10.2 Å². The van der Waals surface area contributed by atoms with E-state index in [4.69, 9.17) is 5.73 Å². The minimum Gasteiger partial charge on any atom is -0.370 e. The van der Waals surface area contributed by atoms with Gasteiger partial charge in [-0.05, 0) is 32.0 Å². The van der Waals surface area contributed by atoms with Crippen molar-refractivity contribution in [1.29, 1.82) is 0 Å². The molecule has 0 saturated carbocycles. The number of nitrogens with one attached hydrogen (secondary N) is 1. The van der Waals surface area contributed by atoms with E-state index in [0.29, 0.717) is 25.7 Å². The van der Waals surface area contributed by atoms with Gasteiger partial charge >= 0.3 is 0 Å². The first kappa shape index (κ1) is 18.4. The number of hydrogen-bond donors (Lipinski definition) is 2. The molecule has 1 aliphatic rings. The summed E-state index contributed by atoms with van der Waals surface area (Å²) in [6.45, 7) is 3.10. The third-order valence-corrected chi connectivity index (χ3v) is 4.47. The van der Waals surface area contributed by atoms with Gasteiger partial charge in [0, 0.05) is 32.1 Å². The molecule has 1 fully saturated rings. The van der Waals surface area contributed by atoms with Crippen LogP contribution < -0.4 is 11.1 Å². The molecule has 24 heavy (non-hydrogen) atoms. The van der Waals surface area contributed by atoms with Crippen molar-refractivity contribution in [2.45, 2.75) is 31.8 Å². The Balaban J connectivity index is 1.96. The molecule has 2 amide bonds. The monoisotopic (exact) mass is 332 g/mol. The molecule has 1 aliphatic heterocycles. The second kappa shape index (κ2) is 9.39. The van der Waals surface area contributed by atoms with Crippen molar-refractivity contribution in [1.82, 2.24) is 15.1 Å². The average molecular weight is 332 g/mol. The van der Waals surface area contributed by atoms with Crippen LogP contribution in [0.15, 0.2) is 30.3 Å². The quantitative estimate of drug-likeness (QED) is 0.730. The van der Waals surface area contributed by atoms with E-state index in [1.165, 1.54) is 0 Å². The summed E-state index contributed by atoms with van der Waals surface area (Å²) in [5, 5.41) is 3.29. The van der Waals surface area contributed by atoms with Gasteiger partial charge in [0.15, 0.2) is 0 Å². The second-order valence-corrected chi connectivity index (χ2v) is 6.38. The van der Waals surface area contributed by atoms with Crippen LogP contribution in [0, 0.1) is 0 Å². The van der Waals surface area contributed by atoms with Crippen molar-refractivity contribution in [3.8, 4) is 0 Å². The maximum atomic E-state index is 12.7. The van der Waals surface area contributed by atoms with Crippen LogP contribution in [0.4, 0.5) is 0 Å². The molecule has 3 N–H and O–H groups in total. The standard InChI is InChI=1S/C18H28N4O2/c1-20-16-8-5-10-21(13-16)14-18(24)22(11-9-17(19)23)12-15-6-3-2-4-7-15/h2-4,6-7,16,20H,5,8-14H2,1H3,(H2,19,23). The Hall–Kier alpha value is -1.92. The smallest absolute Gasteiger partial charge is 0.237 e. The van der Waals surface area contributed by atoms with Crippen molar-refractivity contribution in [3.05, 3.63) is 35.9 Å². The van der Waals surface area contributed by atoms with Crippen LogP contribution in [0.5, 0.6) is 0 Å². The number of benzene rings is 1. The Morgan fingerprint density at radius 2 is 2.08 bits per heavy atom. The largest absolute Gasteiger partial charge is 0.370 e. The summed E-state index contributed by atoms with van der Waals surface area (Å²) in [6.07, 6.45) is 2.44. The molecule has 2 rings (SSSR count). The minimum atomic E-state index is -0.380. The highest BCUT2D eigenvalue weighted by Gasteiger charge is 2.23. The van der Waals surface area contributed by atoms with Crippen molar-refractivity contribution >= 4 is 11.8 Å². The second-order valence-electron chi connectivity index (χ2n) is 6.38. The molecule has 1 aromatic rings. The third-order valence-electron chi connectivity index (χ3n) is 4.47. The number of amides is 2. The minimum absolute atomic E-state index is 0.0526. The van der Waals surface area contributed by atoms with E-state index in [-0.39, 0.29) is 18.2 Å². The summed E-state index contributed by atoms with van der Waals surface area (Å²) in [5.41, 5.74) is 6.32. The summed E-state index contributed by atoms with van der Waals surface area (Å²) in [7, 11) is 1.96. The Morgan fingerprint density at radius 1 is 1.33 bits per heavy atom. The predicted octanol–water partition coefficient (Wildman–Crippen LogP) is 0.574. The van der Waals surface area contributed by atoms with Gasteiger partial charge in [0.05, 0.1) is 6.54 Å². The van der Waals surface area contributed by atoms with E-state index in [0.717, 1.165) is 31.5 Å². The van der Waals surface area contributed by atoms with Crippen LogP contribution in [0.2, 0.25) is 0 Å². The molecule has 1 atom stereocenters. The van der Waals surface area contributed by atoms with Crippen molar-refractivity contribution in [3.63, 3.8) is 0 Å². The van der Waals surface area contributed by atoms with E-state index >= 15 is 0 Å². The SMILES string of the molecule is CNC1CCCN(CC(=O)N(CCC(N)=O)Cc2ccccc2)C1. The Morgan fingerprint density at radius 3 is 2.75 bits per heavy atom. The predicted molar refractivity (Wildman–Crippen MR) is 94.2 cm³/mol. The number of carbonyl (C=O) groups is 2. The molecule has 132 valence electrons. The van der Waals surface area contributed by atoms with Crippen LogP contribution in [0.1, 0.15) is 24.8 Å². The van der Waals surface area contributed by atoms with Crippen LogP contribution >= 0.6 is 0 Å². The molecule has 0 bridgehead atoms. The molecule has 1 saturated heterocycles. The highest BCUT2D eigenvalue weighted by Crippen LogP contribution is 2.11. The van der Waals surface area contributed by atoms with Gasteiger partial charge in [-0.2, -0.15) is 0 Å². The number of rotatable bonds is 8. The molecule has 1 heterocycles. The summed E-state index contributed by atoms with van der Waals surface area (Å²) in [5.74, 6) is -0.328. The molecule has 6 nitrogen and oxygen atoms in total. The zero-order valence-corrected chi connectivity index (χ0v) is 14.4. The van der Waals surface area contributed by atoms with Gasteiger partial charge in [0.1, 0.15) is 0 Å². The van der Waals surface area contributed by atoms with Crippen LogP contribution in [0.25, 0.3) is 0 Å². The molecule has 0 spiro atoms. The molecule has 6 heteroatoms. The first-order valence-electron chi connectivity index (χ1n) is 8.58. The van der Waals surface area contributed by atoms with Crippen molar-refractivity contribution in [2.75, 3.05) is 33.2 Å². The summed E-state index contributed by atoms with van der Waals surface area (Å²) >= 11 is 0. The third kappa shape index (κ3) is 5.94. The summed E-state index contributed by atoms with van der Waals surface area (Å²) in [6, 6.07) is 10.3. The van der Waals surface area contributed by atoms with Gasteiger partial charge in [0.2, 0.25) is 11.8 Å². The van der Waals surface area contributed by atoms with Crippen LogP contribution in [-0.2, 0) is 16.1 Å². The Kier molecular flexibility index (Phi) is 7.21. The van der Waals surface area contributed by atoms with Crippen molar-refractivity contribution < 1.29 is 9.59 Å². The molecule has 0 aromatic heterocycles. The van der Waals surface area contributed by atoms with E-state index in [9.17, 15) is 9.59 Å². The normalized spacial score (nSPS) is 18.3. The highest BCUT2D eigenvalue weighted by molar-refractivity contribution is 5.79. The average Bonchev–Trinajstić information content (AvgIpc) is 2.59. The molecule has 1 aromatic carbocycles. The van der Waals surface area contributed by atoms with Crippen molar-refractivity contribution in [2.24, 2.45) is 5.73 Å². The topological polar surface area (TPSA) is 78.7 Å². The first-order valence-corrected chi connectivity index (χ1v) is 8.58. The zero-order valence-electron chi connectivity index (χ0n) is 14.4. The van der Waals surface area contributed by atoms with E-state index < -0.39 is 0 Å². The number of nitrogens with zero attached hydrogens (tertiary/aromatic N) is 2. The first-order chi connectivity index (χ1) is 11.6. The molecule has 0 aliphatic carbocycles. The lowest BCUT2D eigenvalue weighted by Gasteiger charge is -2.33. The zero-order chi connectivity index (χ0) is 17.4. The fraction of sp³-hybridized carbons (Fsp3) is 0.556. The van der Waals surface area contributed by atoms with Crippen LogP contribution in [-0.4, -0.2) is 60.9 Å².